The van der Waals surface area contributed by atoms with E-state index >= 15 is 0 Å². The van der Waals surface area contributed by atoms with Gasteiger partial charge in [0, 0.05) is 11.9 Å². The lowest BCUT2D eigenvalue weighted by Crippen LogP contribution is -2.08. The summed E-state index contributed by atoms with van der Waals surface area (Å²) in [7, 11) is 0. The first-order chi connectivity index (χ1) is 8.66. The predicted molar refractivity (Wildman–Crippen MR) is 71.9 cm³/mol. The number of carboxylic acids is 1. The Morgan fingerprint density at radius 3 is 2.83 bits per heavy atom. The third-order valence-corrected chi connectivity index (χ3v) is 3.44. The third kappa shape index (κ3) is 3.07. The highest BCUT2D eigenvalue weighted by Crippen LogP contribution is 2.22. The zero-order valence-corrected chi connectivity index (χ0v) is 10.8. The topological polar surface area (TPSA) is 62.2 Å². The quantitative estimate of drug-likeness (QED) is 0.869. The van der Waals surface area contributed by atoms with Gasteiger partial charge in [-0.05, 0) is 12.5 Å². The second kappa shape index (κ2) is 5.64. The molecule has 2 aromatic rings. The number of thiazole rings is 1. The van der Waals surface area contributed by atoms with Crippen molar-refractivity contribution >= 4 is 22.4 Å². The Hall–Kier alpha value is -1.88. The molecule has 2 N–H and O–H groups in total. The van der Waals surface area contributed by atoms with Crippen LogP contribution in [0, 0.1) is 0 Å². The number of anilines is 1. The lowest BCUT2D eigenvalue weighted by Gasteiger charge is -2.03. The van der Waals surface area contributed by atoms with Gasteiger partial charge in [0.2, 0.25) is 0 Å². The number of hydrogen-bond donors (Lipinski definition) is 2. The van der Waals surface area contributed by atoms with Crippen LogP contribution in [0.2, 0.25) is 0 Å². The standard InChI is InChI=1S/C13H14N2O2S/c1-9(12(16)17)11-8-18-13(15-11)14-7-10-5-3-2-4-6-10/h2-6,8-9H,7H2,1H3,(H,14,15)(H,16,17). The Kier molecular flexibility index (Phi) is 3.94. The van der Waals surface area contributed by atoms with E-state index in [0.29, 0.717) is 12.2 Å². The first kappa shape index (κ1) is 12.6. The second-order valence-electron chi connectivity index (χ2n) is 3.98. The molecule has 0 aliphatic heterocycles. The van der Waals surface area contributed by atoms with Crippen molar-refractivity contribution in [1.82, 2.24) is 4.98 Å². The van der Waals surface area contributed by atoms with Crippen LogP contribution in [0.4, 0.5) is 5.13 Å². The van der Waals surface area contributed by atoms with E-state index in [9.17, 15) is 4.79 Å². The molecular weight excluding hydrogens is 248 g/mol. The number of hydrogen-bond acceptors (Lipinski definition) is 4. The van der Waals surface area contributed by atoms with Crippen LogP contribution in [0.5, 0.6) is 0 Å². The summed E-state index contributed by atoms with van der Waals surface area (Å²) in [5, 5.41) is 14.6. The van der Waals surface area contributed by atoms with Crippen LogP contribution < -0.4 is 5.32 Å². The number of aromatic nitrogens is 1. The molecule has 0 amide bonds. The average Bonchev–Trinajstić information content (AvgIpc) is 2.85. The minimum atomic E-state index is -0.852. The van der Waals surface area contributed by atoms with Crippen LogP contribution in [0.1, 0.15) is 24.1 Å². The number of rotatable bonds is 5. The number of nitrogens with one attached hydrogen (secondary N) is 1. The number of aliphatic carboxylic acids is 1. The van der Waals surface area contributed by atoms with Crippen molar-refractivity contribution in [2.45, 2.75) is 19.4 Å². The van der Waals surface area contributed by atoms with Crippen molar-refractivity contribution in [2.24, 2.45) is 0 Å². The van der Waals surface area contributed by atoms with Gasteiger partial charge in [-0.25, -0.2) is 4.98 Å². The Labute approximate surface area is 109 Å². The molecular formula is C13H14N2O2S. The normalized spacial score (nSPS) is 12.1. The Morgan fingerprint density at radius 1 is 1.44 bits per heavy atom. The second-order valence-corrected chi connectivity index (χ2v) is 4.83. The Bertz CT molecular complexity index is 525. The summed E-state index contributed by atoms with van der Waals surface area (Å²) >= 11 is 1.43. The molecule has 94 valence electrons. The first-order valence-corrected chi connectivity index (χ1v) is 6.51. The van der Waals surface area contributed by atoms with E-state index in [4.69, 9.17) is 5.11 Å². The maximum Gasteiger partial charge on any atom is 0.312 e. The van der Waals surface area contributed by atoms with Crippen LogP contribution in [-0.4, -0.2) is 16.1 Å². The van der Waals surface area contributed by atoms with Gasteiger partial charge in [-0.15, -0.1) is 11.3 Å². The van der Waals surface area contributed by atoms with E-state index in [1.165, 1.54) is 16.9 Å². The first-order valence-electron chi connectivity index (χ1n) is 5.63. The maximum atomic E-state index is 10.8. The summed E-state index contributed by atoms with van der Waals surface area (Å²) in [6, 6.07) is 10.00. The molecule has 0 spiro atoms. The lowest BCUT2D eigenvalue weighted by atomic mass is 10.1. The summed E-state index contributed by atoms with van der Waals surface area (Å²) in [5.41, 5.74) is 1.77. The zero-order chi connectivity index (χ0) is 13.0. The fourth-order valence-corrected chi connectivity index (χ4v) is 2.27. The van der Waals surface area contributed by atoms with Crippen LogP contribution in [0.25, 0.3) is 0 Å². The molecule has 4 nitrogen and oxygen atoms in total. The van der Waals surface area contributed by atoms with Crippen LogP contribution in [-0.2, 0) is 11.3 Å². The average molecular weight is 262 g/mol. The van der Waals surface area contributed by atoms with Gasteiger partial charge in [0.25, 0.3) is 0 Å². The number of carboxylic acid groups (broad SMARTS) is 1. The monoisotopic (exact) mass is 262 g/mol. The molecule has 1 unspecified atom stereocenters. The molecule has 0 aliphatic carbocycles. The SMILES string of the molecule is CC(C(=O)O)c1csc(NCc2ccccc2)n1. The summed E-state index contributed by atoms with van der Waals surface area (Å²) in [5.74, 6) is -1.41. The van der Waals surface area contributed by atoms with Crippen LogP contribution in [0.15, 0.2) is 35.7 Å². The Balaban J connectivity index is 1.97. The van der Waals surface area contributed by atoms with Crippen LogP contribution in [0.3, 0.4) is 0 Å². The minimum Gasteiger partial charge on any atom is -0.481 e. The molecule has 0 bridgehead atoms. The van der Waals surface area contributed by atoms with Crippen molar-refractivity contribution < 1.29 is 9.90 Å². The van der Waals surface area contributed by atoms with Gasteiger partial charge in [0.15, 0.2) is 5.13 Å². The van der Waals surface area contributed by atoms with Gasteiger partial charge in [-0.2, -0.15) is 0 Å². The molecule has 1 aromatic heterocycles. The number of nitrogens with zero attached hydrogens (tertiary/aromatic N) is 1. The van der Waals surface area contributed by atoms with Gasteiger partial charge in [-0.1, -0.05) is 30.3 Å². The number of carbonyl (C=O) groups is 1. The van der Waals surface area contributed by atoms with Gasteiger partial charge >= 0.3 is 5.97 Å². The summed E-state index contributed by atoms with van der Waals surface area (Å²) < 4.78 is 0. The predicted octanol–water partition coefficient (Wildman–Crippen LogP) is 2.94. The lowest BCUT2D eigenvalue weighted by molar-refractivity contribution is -0.138. The molecule has 0 radical (unpaired) electrons. The van der Waals surface area contributed by atoms with E-state index in [-0.39, 0.29) is 0 Å². The molecule has 2 rings (SSSR count). The van der Waals surface area contributed by atoms with Crippen LogP contribution >= 0.6 is 11.3 Å². The summed E-state index contributed by atoms with van der Waals surface area (Å²) in [4.78, 5) is 15.1. The van der Waals surface area contributed by atoms with Gasteiger partial charge in [0.1, 0.15) is 0 Å². The van der Waals surface area contributed by atoms with Crippen molar-refractivity contribution in [3.8, 4) is 0 Å². The Morgan fingerprint density at radius 2 is 2.17 bits per heavy atom. The highest BCUT2D eigenvalue weighted by Gasteiger charge is 2.16. The fraction of sp³-hybridized carbons (Fsp3) is 0.231. The van der Waals surface area contributed by atoms with Gasteiger partial charge in [-0.3, -0.25) is 4.79 Å². The number of benzene rings is 1. The van der Waals surface area contributed by atoms with Crippen molar-refractivity contribution in [1.29, 1.82) is 0 Å². The maximum absolute atomic E-state index is 10.8. The fourth-order valence-electron chi connectivity index (χ4n) is 1.47. The summed E-state index contributed by atoms with van der Waals surface area (Å²) in [6.07, 6.45) is 0. The van der Waals surface area contributed by atoms with E-state index in [1.807, 2.05) is 30.3 Å². The highest BCUT2D eigenvalue weighted by atomic mass is 32.1. The van der Waals surface area contributed by atoms with Crippen molar-refractivity contribution in [3.05, 3.63) is 47.0 Å². The smallest absolute Gasteiger partial charge is 0.312 e. The molecule has 1 heterocycles. The zero-order valence-electron chi connectivity index (χ0n) is 9.96. The van der Waals surface area contributed by atoms with Gasteiger partial charge < -0.3 is 10.4 Å². The minimum absolute atomic E-state index is 0.562. The van der Waals surface area contributed by atoms with E-state index in [1.54, 1.807) is 12.3 Å². The molecule has 18 heavy (non-hydrogen) atoms. The van der Waals surface area contributed by atoms with Crippen molar-refractivity contribution in [3.63, 3.8) is 0 Å². The summed E-state index contributed by atoms with van der Waals surface area (Å²) in [6.45, 7) is 2.33. The molecule has 0 saturated heterocycles. The molecule has 0 fully saturated rings. The molecule has 5 heteroatoms. The third-order valence-electron chi connectivity index (χ3n) is 2.62. The van der Waals surface area contributed by atoms with E-state index in [2.05, 4.69) is 10.3 Å². The van der Waals surface area contributed by atoms with E-state index < -0.39 is 11.9 Å². The molecule has 1 aromatic carbocycles. The molecule has 0 saturated carbocycles. The van der Waals surface area contributed by atoms with Gasteiger partial charge in [0.05, 0.1) is 11.6 Å². The molecule has 1 atom stereocenters. The largest absolute Gasteiger partial charge is 0.481 e. The molecule has 0 aliphatic rings. The highest BCUT2D eigenvalue weighted by molar-refractivity contribution is 7.13. The van der Waals surface area contributed by atoms with Crippen molar-refractivity contribution in [2.75, 3.05) is 5.32 Å². The van der Waals surface area contributed by atoms with E-state index in [0.717, 1.165) is 5.13 Å².